The van der Waals surface area contributed by atoms with E-state index in [1.807, 2.05) is 17.8 Å². The third kappa shape index (κ3) is 6.51. The molecule has 0 bridgehead atoms. The summed E-state index contributed by atoms with van der Waals surface area (Å²) in [5.41, 5.74) is 2.31. The van der Waals surface area contributed by atoms with Crippen LogP contribution in [0, 0.1) is 6.92 Å². The summed E-state index contributed by atoms with van der Waals surface area (Å²) in [5, 5.41) is 6.62. The van der Waals surface area contributed by atoms with Crippen molar-refractivity contribution in [1.82, 2.24) is 20.2 Å². The number of aromatic nitrogens is 2. The van der Waals surface area contributed by atoms with Crippen molar-refractivity contribution in [2.24, 2.45) is 12.0 Å². The number of hydrogen-bond acceptors (Lipinski definition) is 3. The zero-order valence-corrected chi connectivity index (χ0v) is 18.6. The second kappa shape index (κ2) is 11.1. The molecule has 6 nitrogen and oxygen atoms in total. The summed E-state index contributed by atoms with van der Waals surface area (Å²) in [5.74, 6) is 2.62. The highest BCUT2D eigenvalue weighted by Gasteiger charge is 2.09. The Hall–Kier alpha value is -1.77. The van der Waals surface area contributed by atoms with E-state index in [1.165, 1.54) is 5.56 Å². The largest absolute Gasteiger partial charge is 0.490 e. The Kier molecular flexibility index (Phi) is 9.47. The Morgan fingerprint density at radius 2 is 2.04 bits per heavy atom. The van der Waals surface area contributed by atoms with Crippen LogP contribution in [0.15, 0.2) is 35.6 Å². The number of benzene rings is 1. The first-order valence-electron chi connectivity index (χ1n) is 8.70. The van der Waals surface area contributed by atoms with E-state index < -0.39 is 0 Å². The Labute approximate surface area is 173 Å². The lowest BCUT2D eigenvalue weighted by molar-refractivity contribution is 0.215. The van der Waals surface area contributed by atoms with Crippen LogP contribution in [0.3, 0.4) is 0 Å². The summed E-state index contributed by atoms with van der Waals surface area (Å²) in [6.45, 7) is 7.56. The van der Waals surface area contributed by atoms with Crippen LogP contribution in [0.25, 0.3) is 0 Å². The molecule has 7 heteroatoms. The lowest BCUT2D eigenvalue weighted by Gasteiger charge is -2.18. The number of halogens is 1. The third-order valence-electron chi connectivity index (χ3n) is 4.13. The van der Waals surface area contributed by atoms with Gasteiger partial charge in [0.05, 0.1) is 12.6 Å². The van der Waals surface area contributed by atoms with E-state index in [4.69, 9.17) is 4.74 Å². The van der Waals surface area contributed by atoms with E-state index in [2.05, 4.69) is 59.6 Å². The minimum Gasteiger partial charge on any atom is -0.490 e. The van der Waals surface area contributed by atoms with Crippen LogP contribution in [-0.2, 0) is 20.1 Å². The van der Waals surface area contributed by atoms with Crippen molar-refractivity contribution in [3.63, 3.8) is 0 Å². The molecule has 0 aliphatic rings. The van der Waals surface area contributed by atoms with E-state index in [0.717, 1.165) is 29.5 Å². The Bertz CT molecular complexity index is 714. The number of hydrogen-bond donors (Lipinski definition) is 2. The number of aliphatic imine (C=N–C) groups is 1. The standard InChI is InChI=1S/C19H29N5O.HI/c1-6-15(3)25-17-11-14(2)7-8-16(17)12-22-19(20-4)23-13-18-21-9-10-24(18)5;/h7-11,15H,6,12-13H2,1-5H3,(H2,20,22,23);1H. The van der Waals surface area contributed by atoms with Crippen LogP contribution in [-0.4, -0.2) is 28.7 Å². The molecule has 26 heavy (non-hydrogen) atoms. The van der Waals surface area contributed by atoms with Gasteiger partial charge in [0.15, 0.2) is 5.96 Å². The van der Waals surface area contributed by atoms with Gasteiger partial charge in [0, 0.05) is 38.6 Å². The van der Waals surface area contributed by atoms with Crippen molar-refractivity contribution in [3.05, 3.63) is 47.5 Å². The van der Waals surface area contributed by atoms with Gasteiger partial charge in [-0.3, -0.25) is 4.99 Å². The summed E-state index contributed by atoms with van der Waals surface area (Å²) >= 11 is 0. The molecule has 2 rings (SSSR count). The van der Waals surface area contributed by atoms with E-state index in [9.17, 15) is 0 Å². The van der Waals surface area contributed by atoms with Crippen molar-refractivity contribution in [3.8, 4) is 5.75 Å². The molecule has 2 aromatic rings. The Balaban J connectivity index is 0.00000338. The van der Waals surface area contributed by atoms with Gasteiger partial charge in [0.2, 0.25) is 0 Å². The number of ether oxygens (including phenoxy) is 1. The summed E-state index contributed by atoms with van der Waals surface area (Å²) < 4.78 is 8.05. The highest BCUT2D eigenvalue weighted by Crippen LogP contribution is 2.22. The van der Waals surface area contributed by atoms with Crippen LogP contribution >= 0.6 is 24.0 Å². The predicted octanol–water partition coefficient (Wildman–Crippen LogP) is 3.39. The molecule has 1 aromatic carbocycles. The minimum absolute atomic E-state index is 0. The fraction of sp³-hybridized carbons (Fsp3) is 0.474. The second-order valence-corrected chi connectivity index (χ2v) is 6.18. The summed E-state index contributed by atoms with van der Waals surface area (Å²) in [6, 6.07) is 6.30. The molecule has 2 N–H and O–H groups in total. The molecule has 0 aliphatic heterocycles. The predicted molar refractivity (Wildman–Crippen MR) is 117 cm³/mol. The average molecular weight is 471 g/mol. The van der Waals surface area contributed by atoms with Crippen LogP contribution in [0.4, 0.5) is 0 Å². The van der Waals surface area contributed by atoms with Gasteiger partial charge in [-0.2, -0.15) is 0 Å². The van der Waals surface area contributed by atoms with E-state index in [-0.39, 0.29) is 30.1 Å². The fourth-order valence-electron chi connectivity index (χ4n) is 2.35. The molecule has 1 heterocycles. The number of guanidine groups is 1. The van der Waals surface area contributed by atoms with Crippen LogP contribution in [0.5, 0.6) is 5.75 Å². The Morgan fingerprint density at radius 1 is 1.31 bits per heavy atom. The van der Waals surface area contributed by atoms with Crippen molar-refractivity contribution in [2.45, 2.75) is 46.4 Å². The summed E-state index contributed by atoms with van der Waals surface area (Å²) in [4.78, 5) is 8.58. The van der Waals surface area contributed by atoms with Gasteiger partial charge < -0.3 is 19.9 Å². The van der Waals surface area contributed by atoms with Crippen LogP contribution < -0.4 is 15.4 Å². The maximum Gasteiger partial charge on any atom is 0.191 e. The van der Waals surface area contributed by atoms with Gasteiger partial charge in [-0.15, -0.1) is 24.0 Å². The number of aryl methyl sites for hydroxylation is 2. The highest BCUT2D eigenvalue weighted by atomic mass is 127. The zero-order chi connectivity index (χ0) is 18.2. The highest BCUT2D eigenvalue weighted by molar-refractivity contribution is 14.0. The summed E-state index contributed by atoms with van der Waals surface area (Å²) in [7, 11) is 3.74. The van der Waals surface area contributed by atoms with Crippen molar-refractivity contribution in [2.75, 3.05) is 7.05 Å². The first-order chi connectivity index (χ1) is 12.0. The van der Waals surface area contributed by atoms with Gasteiger partial charge in [-0.1, -0.05) is 19.1 Å². The molecule has 0 amide bonds. The molecular formula is C19H30IN5O. The molecular weight excluding hydrogens is 441 g/mol. The molecule has 1 aromatic heterocycles. The van der Waals surface area contributed by atoms with Gasteiger partial charge in [0.1, 0.15) is 11.6 Å². The summed E-state index contributed by atoms with van der Waals surface area (Å²) in [6.07, 6.45) is 4.89. The topological polar surface area (TPSA) is 63.5 Å². The van der Waals surface area contributed by atoms with Gasteiger partial charge >= 0.3 is 0 Å². The molecule has 0 spiro atoms. The second-order valence-electron chi connectivity index (χ2n) is 6.18. The first-order valence-corrected chi connectivity index (χ1v) is 8.70. The normalized spacial score (nSPS) is 12.3. The minimum atomic E-state index is 0. The third-order valence-corrected chi connectivity index (χ3v) is 4.13. The van der Waals surface area contributed by atoms with Crippen LogP contribution in [0.1, 0.15) is 37.2 Å². The van der Waals surface area contributed by atoms with Crippen molar-refractivity contribution < 1.29 is 4.74 Å². The number of rotatable bonds is 7. The molecule has 0 aliphatic carbocycles. The number of nitrogens with one attached hydrogen (secondary N) is 2. The quantitative estimate of drug-likeness (QED) is 0.369. The molecule has 144 valence electrons. The SMILES string of the molecule is CCC(C)Oc1cc(C)ccc1CNC(=NC)NCc1nccn1C.I. The van der Waals surface area contributed by atoms with Gasteiger partial charge in [-0.25, -0.2) is 4.98 Å². The lowest BCUT2D eigenvalue weighted by Crippen LogP contribution is -2.37. The Morgan fingerprint density at radius 3 is 2.65 bits per heavy atom. The van der Waals surface area contributed by atoms with Gasteiger partial charge in [0.25, 0.3) is 0 Å². The molecule has 0 fully saturated rings. The maximum atomic E-state index is 6.06. The molecule has 0 radical (unpaired) electrons. The smallest absolute Gasteiger partial charge is 0.191 e. The van der Waals surface area contributed by atoms with E-state index in [0.29, 0.717) is 13.1 Å². The molecule has 1 atom stereocenters. The molecule has 0 saturated heterocycles. The lowest BCUT2D eigenvalue weighted by atomic mass is 10.1. The average Bonchev–Trinajstić information content (AvgIpc) is 3.01. The number of imidazole rings is 1. The maximum absolute atomic E-state index is 6.06. The molecule has 0 saturated carbocycles. The molecule has 1 unspecified atom stereocenters. The van der Waals surface area contributed by atoms with E-state index in [1.54, 1.807) is 13.2 Å². The van der Waals surface area contributed by atoms with Crippen molar-refractivity contribution in [1.29, 1.82) is 0 Å². The fourth-order valence-corrected chi connectivity index (χ4v) is 2.35. The van der Waals surface area contributed by atoms with E-state index >= 15 is 0 Å². The monoisotopic (exact) mass is 471 g/mol. The zero-order valence-electron chi connectivity index (χ0n) is 16.2. The first kappa shape index (κ1) is 22.3. The van der Waals surface area contributed by atoms with Crippen molar-refractivity contribution >= 4 is 29.9 Å². The number of nitrogens with zero attached hydrogens (tertiary/aromatic N) is 3. The van der Waals surface area contributed by atoms with Gasteiger partial charge in [-0.05, 0) is 31.9 Å². The van der Waals surface area contributed by atoms with Crippen LogP contribution in [0.2, 0.25) is 0 Å².